The maximum atomic E-state index is 11.9. The summed E-state index contributed by atoms with van der Waals surface area (Å²) in [7, 11) is 0. The predicted molar refractivity (Wildman–Crippen MR) is 84.0 cm³/mol. The van der Waals surface area contributed by atoms with Crippen molar-refractivity contribution < 1.29 is 4.79 Å². The molecule has 2 aliphatic heterocycles. The molecule has 5 nitrogen and oxygen atoms in total. The van der Waals surface area contributed by atoms with Crippen LogP contribution in [0.15, 0.2) is 0 Å². The van der Waals surface area contributed by atoms with Gasteiger partial charge >= 0.3 is 0 Å². The molecule has 3 fully saturated rings. The SMILES string of the molecule is CCNC1(C(N)=O)CCC(N2CCCN3CCCC3C2)C1. The van der Waals surface area contributed by atoms with Gasteiger partial charge in [-0.15, -0.1) is 0 Å². The van der Waals surface area contributed by atoms with Gasteiger partial charge in [0.15, 0.2) is 0 Å². The number of nitrogens with zero attached hydrogens (tertiary/aromatic N) is 2. The molecule has 0 spiro atoms. The molecule has 1 aliphatic carbocycles. The minimum Gasteiger partial charge on any atom is -0.368 e. The smallest absolute Gasteiger partial charge is 0.237 e. The molecule has 0 aromatic carbocycles. The third-order valence-electron chi connectivity index (χ3n) is 5.83. The number of amides is 1. The highest BCUT2D eigenvalue weighted by atomic mass is 16.1. The van der Waals surface area contributed by atoms with Crippen molar-refractivity contribution in [2.75, 3.05) is 32.7 Å². The molecule has 0 radical (unpaired) electrons. The standard InChI is InChI=1S/C16H30N4O/c1-2-18-16(15(17)21)7-6-13(11-16)20-10-4-9-19-8-3-5-14(19)12-20/h13-14,18H,2-12H2,1H3,(H2,17,21). The normalized spacial score (nSPS) is 38.3. The molecule has 0 aromatic rings. The van der Waals surface area contributed by atoms with Crippen molar-refractivity contribution >= 4 is 5.91 Å². The van der Waals surface area contributed by atoms with Crippen molar-refractivity contribution in [3.05, 3.63) is 0 Å². The summed E-state index contributed by atoms with van der Waals surface area (Å²) in [5.74, 6) is -0.163. The zero-order valence-corrected chi connectivity index (χ0v) is 13.3. The van der Waals surface area contributed by atoms with Gasteiger partial charge in [-0.25, -0.2) is 0 Å². The summed E-state index contributed by atoms with van der Waals surface area (Å²) in [6.07, 6.45) is 6.85. The van der Waals surface area contributed by atoms with Crippen molar-refractivity contribution in [2.45, 2.75) is 63.1 Å². The summed E-state index contributed by atoms with van der Waals surface area (Å²) in [5.41, 5.74) is 5.24. The van der Waals surface area contributed by atoms with Crippen molar-refractivity contribution in [2.24, 2.45) is 5.73 Å². The van der Waals surface area contributed by atoms with Crippen LogP contribution in [-0.4, -0.2) is 66.1 Å². The van der Waals surface area contributed by atoms with Gasteiger partial charge in [0.05, 0.1) is 5.54 Å². The minimum absolute atomic E-state index is 0.163. The summed E-state index contributed by atoms with van der Waals surface area (Å²) in [6, 6.07) is 1.27. The van der Waals surface area contributed by atoms with Gasteiger partial charge in [-0.1, -0.05) is 6.92 Å². The lowest BCUT2D eigenvalue weighted by atomic mass is 9.96. The van der Waals surface area contributed by atoms with Gasteiger partial charge in [0, 0.05) is 18.6 Å². The van der Waals surface area contributed by atoms with Gasteiger partial charge in [-0.2, -0.15) is 0 Å². The third kappa shape index (κ3) is 2.96. The zero-order valence-electron chi connectivity index (χ0n) is 13.3. The van der Waals surface area contributed by atoms with Crippen LogP contribution in [-0.2, 0) is 4.79 Å². The summed E-state index contributed by atoms with van der Waals surface area (Å²) in [4.78, 5) is 17.2. The van der Waals surface area contributed by atoms with Gasteiger partial charge in [0.25, 0.3) is 0 Å². The Kier molecular flexibility index (Phi) is 4.52. The molecule has 21 heavy (non-hydrogen) atoms. The molecule has 2 saturated heterocycles. The Hall–Kier alpha value is -0.650. The second-order valence-corrected chi connectivity index (χ2v) is 7.05. The maximum Gasteiger partial charge on any atom is 0.237 e. The number of hydrogen-bond donors (Lipinski definition) is 2. The lowest BCUT2D eigenvalue weighted by molar-refractivity contribution is -0.124. The lowest BCUT2D eigenvalue weighted by Gasteiger charge is -2.32. The Morgan fingerprint density at radius 1 is 1.19 bits per heavy atom. The van der Waals surface area contributed by atoms with Crippen molar-refractivity contribution in [1.82, 2.24) is 15.1 Å². The molecule has 120 valence electrons. The van der Waals surface area contributed by atoms with Crippen LogP contribution in [0.25, 0.3) is 0 Å². The first-order valence-electron chi connectivity index (χ1n) is 8.67. The molecular weight excluding hydrogens is 264 g/mol. The Labute approximate surface area is 128 Å². The molecule has 1 saturated carbocycles. The van der Waals surface area contributed by atoms with Gasteiger partial charge in [0.2, 0.25) is 5.91 Å². The van der Waals surface area contributed by atoms with E-state index in [4.69, 9.17) is 5.73 Å². The first-order valence-corrected chi connectivity index (χ1v) is 8.67. The average molecular weight is 294 g/mol. The van der Waals surface area contributed by atoms with E-state index in [1.165, 1.54) is 45.4 Å². The van der Waals surface area contributed by atoms with Crippen LogP contribution in [0.4, 0.5) is 0 Å². The molecule has 3 rings (SSSR count). The molecule has 3 unspecified atom stereocenters. The van der Waals surface area contributed by atoms with Crippen LogP contribution >= 0.6 is 0 Å². The van der Waals surface area contributed by atoms with Gasteiger partial charge in [-0.3, -0.25) is 14.6 Å². The Morgan fingerprint density at radius 3 is 2.71 bits per heavy atom. The van der Waals surface area contributed by atoms with E-state index in [2.05, 4.69) is 22.0 Å². The molecule has 2 heterocycles. The minimum atomic E-state index is -0.457. The molecule has 3 N–H and O–H groups in total. The Morgan fingerprint density at radius 2 is 1.95 bits per heavy atom. The quantitative estimate of drug-likeness (QED) is 0.794. The van der Waals surface area contributed by atoms with E-state index < -0.39 is 5.54 Å². The van der Waals surface area contributed by atoms with Crippen LogP contribution < -0.4 is 11.1 Å². The molecular formula is C16H30N4O. The lowest BCUT2D eigenvalue weighted by Crippen LogP contribution is -2.54. The first kappa shape index (κ1) is 15.3. The van der Waals surface area contributed by atoms with E-state index in [1.54, 1.807) is 0 Å². The molecule has 1 amide bonds. The second kappa shape index (κ2) is 6.23. The topological polar surface area (TPSA) is 61.6 Å². The highest BCUT2D eigenvalue weighted by molar-refractivity contribution is 5.85. The monoisotopic (exact) mass is 294 g/mol. The molecule has 0 aromatic heterocycles. The van der Waals surface area contributed by atoms with Gasteiger partial charge in [0.1, 0.15) is 0 Å². The van der Waals surface area contributed by atoms with E-state index in [-0.39, 0.29) is 5.91 Å². The van der Waals surface area contributed by atoms with Crippen LogP contribution in [0, 0.1) is 0 Å². The van der Waals surface area contributed by atoms with Crippen molar-refractivity contribution in [3.63, 3.8) is 0 Å². The predicted octanol–water partition coefficient (Wildman–Crippen LogP) is 0.543. The number of carbonyl (C=O) groups is 1. The highest BCUT2D eigenvalue weighted by Crippen LogP contribution is 2.34. The first-order chi connectivity index (χ1) is 10.1. The second-order valence-electron chi connectivity index (χ2n) is 7.05. The average Bonchev–Trinajstić information content (AvgIpc) is 3.03. The maximum absolute atomic E-state index is 11.9. The van der Waals surface area contributed by atoms with Crippen LogP contribution in [0.1, 0.15) is 45.4 Å². The fraction of sp³-hybridized carbons (Fsp3) is 0.938. The van der Waals surface area contributed by atoms with Crippen LogP contribution in [0.5, 0.6) is 0 Å². The molecule has 5 heteroatoms. The number of nitrogens with two attached hydrogens (primary N) is 1. The van der Waals surface area contributed by atoms with E-state index >= 15 is 0 Å². The van der Waals surface area contributed by atoms with E-state index in [1.807, 2.05) is 0 Å². The van der Waals surface area contributed by atoms with Gasteiger partial charge < -0.3 is 11.1 Å². The third-order valence-corrected chi connectivity index (χ3v) is 5.83. The number of fused-ring (bicyclic) bond motifs is 1. The molecule has 3 atom stereocenters. The fourth-order valence-corrected chi connectivity index (χ4v) is 4.71. The van der Waals surface area contributed by atoms with Gasteiger partial charge in [-0.05, 0) is 64.7 Å². The van der Waals surface area contributed by atoms with E-state index in [9.17, 15) is 4.79 Å². The highest BCUT2D eigenvalue weighted by Gasteiger charge is 2.45. The number of primary amides is 1. The summed E-state index contributed by atoms with van der Waals surface area (Å²) in [6.45, 7) is 7.77. The van der Waals surface area contributed by atoms with E-state index in [0.29, 0.717) is 6.04 Å². The number of hydrogen-bond acceptors (Lipinski definition) is 4. The molecule has 0 bridgehead atoms. The Bertz CT molecular complexity index is 388. The van der Waals surface area contributed by atoms with Crippen LogP contribution in [0.3, 0.4) is 0 Å². The summed E-state index contributed by atoms with van der Waals surface area (Å²) < 4.78 is 0. The number of likely N-dealkylation sites (N-methyl/N-ethyl adjacent to an activating group) is 1. The van der Waals surface area contributed by atoms with E-state index in [0.717, 1.165) is 31.8 Å². The number of rotatable bonds is 4. The Balaban J connectivity index is 1.66. The summed E-state index contributed by atoms with van der Waals surface area (Å²) in [5, 5.41) is 3.38. The molecule has 3 aliphatic rings. The zero-order chi connectivity index (χ0) is 14.9. The number of nitrogens with one attached hydrogen (secondary N) is 1. The van der Waals surface area contributed by atoms with Crippen molar-refractivity contribution in [3.8, 4) is 0 Å². The largest absolute Gasteiger partial charge is 0.368 e. The van der Waals surface area contributed by atoms with Crippen molar-refractivity contribution in [1.29, 1.82) is 0 Å². The van der Waals surface area contributed by atoms with Crippen LogP contribution in [0.2, 0.25) is 0 Å². The number of carbonyl (C=O) groups excluding carboxylic acids is 1. The fourth-order valence-electron chi connectivity index (χ4n) is 4.71. The summed E-state index contributed by atoms with van der Waals surface area (Å²) >= 11 is 0.